The van der Waals surface area contributed by atoms with E-state index in [-0.39, 0.29) is 0 Å². The van der Waals surface area contributed by atoms with E-state index >= 15 is 0 Å². The number of pyridine rings is 1. The molecule has 1 aliphatic rings. The van der Waals surface area contributed by atoms with Crippen LogP contribution >= 0.6 is 11.8 Å². The summed E-state index contributed by atoms with van der Waals surface area (Å²) in [6.07, 6.45) is 0. The van der Waals surface area contributed by atoms with Crippen LogP contribution in [0.5, 0.6) is 0 Å². The van der Waals surface area contributed by atoms with Gasteiger partial charge in [0.25, 0.3) is 0 Å². The van der Waals surface area contributed by atoms with Gasteiger partial charge in [0.15, 0.2) is 5.17 Å². The van der Waals surface area contributed by atoms with Crippen molar-refractivity contribution in [1.82, 2.24) is 4.98 Å². The number of nitrogens with one attached hydrogen (secondary N) is 1. The van der Waals surface area contributed by atoms with E-state index in [9.17, 15) is 0 Å². The van der Waals surface area contributed by atoms with Gasteiger partial charge in [-0.3, -0.25) is 9.98 Å². The van der Waals surface area contributed by atoms with Crippen molar-refractivity contribution < 1.29 is 0 Å². The van der Waals surface area contributed by atoms with Gasteiger partial charge in [-0.1, -0.05) is 18.7 Å². The number of aryl methyl sites for hydroxylation is 2. The van der Waals surface area contributed by atoms with E-state index in [0.29, 0.717) is 12.0 Å². The molecule has 4 heteroatoms. The first-order valence-corrected chi connectivity index (χ1v) is 6.96. The molecule has 1 aromatic heterocycles. The maximum absolute atomic E-state index is 4.66. The summed E-state index contributed by atoms with van der Waals surface area (Å²) in [6.45, 7) is 8.45. The fourth-order valence-corrected chi connectivity index (χ4v) is 2.82. The molecule has 2 heterocycles. The van der Waals surface area contributed by atoms with Gasteiger partial charge in [-0.15, -0.1) is 0 Å². The van der Waals surface area contributed by atoms with Crippen LogP contribution in [0.4, 0.5) is 5.69 Å². The zero-order valence-electron chi connectivity index (χ0n) is 10.8. The summed E-state index contributed by atoms with van der Waals surface area (Å²) in [5.74, 6) is 1.79. The minimum absolute atomic E-state index is 0.400. The van der Waals surface area contributed by atoms with E-state index in [0.717, 1.165) is 28.0 Å². The smallest absolute Gasteiger partial charge is 0.161 e. The maximum atomic E-state index is 4.66. The molecular formula is C13H19N3S. The molecule has 0 spiro atoms. The van der Waals surface area contributed by atoms with Crippen molar-refractivity contribution in [2.24, 2.45) is 10.9 Å². The molecule has 0 fully saturated rings. The largest absolute Gasteiger partial charge is 0.333 e. The van der Waals surface area contributed by atoms with Gasteiger partial charge in [0.05, 0.1) is 17.4 Å². The summed E-state index contributed by atoms with van der Waals surface area (Å²) in [4.78, 5) is 9.11. The number of amidine groups is 1. The standard InChI is InChI=1S/C13H19N3S/c1-8-7-17-13(15-10(8)3)16-12-6-5-9(2)14-11(12)4/h5-6,8,10H,7H2,1-4H3,(H,15,16). The lowest BCUT2D eigenvalue weighted by atomic mass is 10.1. The van der Waals surface area contributed by atoms with Gasteiger partial charge in [-0.2, -0.15) is 0 Å². The van der Waals surface area contributed by atoms with Crippen LogP contribution in [0.1, 0.15) is 25.2 Å². The van der Waals surface area contributed by atoms with Gasteiger partial charge < -0.3 is 5.32 Å². The minimum Gasteiger partial charge on any atom is -0.333 e. The second-order valence-corrected chi connectivity index (χ2v) is 5.68. The lowest BCUT2D eigenvalue weighted by molar-refractivity contribution is 0.537. The molecule has 1 N–H and O–H groups in total. The predicted octanol–water partition coefficient (Wildman–Crippen LogP) is 3.24. The highest BCUT2D eigenvalue weighted by Gasteiger charge is 2.19. The van der Waals surface area contributed by atoms with E-state index in [4.69, 9.17) is 0 Å². The zero-order chi connectivity index (χ0) is 12.4. The Morgan fingerprint density at radius 2 is 2.06 bits per heavy atom. The molecule has 92 valence electrons. The van der Waals surface area contributed by atoms with Gasteiger partial charge in [0.1, 0.15) is 0 Å². The highest BCUT2D eigenvalue weighted by atomic mass is 32.2. The Labute approximate surface area is 107 Å². The summed E-state index contributed by atoms with van der Waals surface area (Å²) in [5.41, 5.74) is 3.14. The molecule has 1 aliphatic heterocycles. The lowest BCUT2D eigenvalue weighted by Gasteiger charge is -2.24. The monoisotopic (exact) mass is 249 g/mol. The third-order valence-electron chi connectivity index (χ3n) is 3.09. The van der Waals surface area contributed by atoms with Crippen LogP contribution in [0.3, 0.4) is 0 Å². The number of anilines is 1. The number of nitrogens with zero attached hydrogens (tertiary/aromatic N) is 2. The van der Waals surface area contributed by atoms with Gasteiger partial charge in [0.2, 0.25) is 0 Å². The topological polar surface area (TPSA) is 37.3 Å². The average Bonchev–Trinajstić information content (AvgIpc) is 2.27. The highest BCUT2D eigenvalue weighted by Crippen LogP contribution is 2.24. The Morgan fingerprint density at radius 1 is 1.29 bits per heavy atom. The SMILES string of the molecule is Cc1ccc(NC2=NC(C)C(C)CS2)c(C)n1. The number of aromatic nitrogens is 1. The van der Waals surface area contributed by atoms with Crippen LogP contribution in [0.25, 0.3) is 0 Å². The molecule has 3 nitrogen and oxygen atoms in total. The fraction of sp³-hybridized carbons (Fsp3) is 0.538. The van der Waals surface area contributed by atoms with Gasteiger partial charge in [-0.25, -0.2) is 0 Å². The minimum atomic E-state index is 0.400. The number of thioether (sulfide) groups is 1. The van der Waals surface area contributed by atoms with Crippen LogP contribution in [0.15, 0.2) is 17.1 Å². The summed E-state index contributed by atoms with van der Waals surface area (Å²) in [5, 5.41) is 4.40. The van der Waals surface area contributed by atoms with Crippen LogP contribution < -0.4 is 5.32 Å². The highest BCUT2D eigenvalue weighted by molar-refractivity contribution is 8.14. The predicted molar refractivity (Wildman–Crippen MR) is 75.9 cm³/mol. The van der Waals surface area contributed by atoms with Crippen LogP contribution in [0.2, 0.25) is 0 Å². The third-order valence-corrected chi connectivity index (χ3v) is 4.27. The summed E-state index contributed by atoms with van der Waals surface area (Å²) in [6, 6.07) is 4.50. The first kappa shape index (κ1) is 12.4. The molecule has 0 saturated carbocycles. The Kier molecular flexibility index (Phi) is 3.72. The molecule has 17 heavy (non-hydrogen) atoms. The van der Waals surface area contributed by atoms with Crippen molar-refractivity contribution in [3.8, 4) is 0 Å². The summed E-state index contributed by atoms with van der Waals surface area (Å²) in [7, 11) is 0. The summed E-state index contributed by atoms with van der Waals surface area (Å²) < 4.78 is 0. The molecular weight excluding hydrogens is 230 g/mol. The van der Waals surface area contributed by atoms with Crippen molar-refractivity contribution in [3.05, 3.63) is 23.5 Å². The number of rotatable bonds is 1. The van der Waals surface area contributed by atoms with Crippen LogP contribution in [0, 0.1) is 19.8 Å². The van der Waals surface area contributed by atoms with Crippen LogP contribution in [-0.2, 0) is 0 Å². The quantitative estimate of drug-likeness (QED) is 0.830. The van der Waals surface area contributed by atoms with E-state index in [1.807, 2.05) is 19.9 Å². The molecule has 0 saturated heterocycles. The van der Waals surface area contributed by atoms with Crippen LogP contribution in [-0.4, -0.2) is 21.9 Å². The summed E-state index contributed by atoms with van der Waals surface area (Å²) >= 11 is 1.79. The number of aliphatic imine (C=N–C) groups is 1. The lowest BCUT2D eigenvalue weighted by Crippen LogP contribution is -2.25. The van der Waals surface area contributed by atoms with Crippen molar-refractivity contribution >= 4 is 22.6 Å². The Hall–Kier alpha value is -1.03. The Morgan fingerprint density at radius 3 is 2.71 bits per heavy atom. The van der Waals surface area contributed by atoms with E-state index in [2.05, 4.69) is 35.2 Å². The molecule has 1 aromatic rings. The first-order valence-electron chi connectivity index (χ1n) is 5.98. The Bertz CT molecular complexity index is 442. The van der Waals surface area contributed by atoms with Gasteiger partial charge in [0, 0.05) is 11.4 Å². The maximum Gasteiger partial charge on any atom is 0.161 e. The zero-order valence-corrected chi connectivity index (χ0v) is 11.6. The second kappa shape index (κ2) is 5.08. The van der Waals surface area contributed by atoms with Gasteiger partial charge in [-0.05, 0) is 38.8 Å². The molecule has 2 atom stereocenters. The number of hydrogen-bond acceptors (Lipinski definition) is 4. The van der Waals surface area contributed by atoms with E-state index in [1.54, 1.807) is 11.8 Å². The van der Waals surface area contributed by atoms with E-state index in [1.165, 1.54) is 0 Å². The molecule has 0 amide bonds. The van der Waals surface area contributed by atoms with Crippen molar-refractivity contribution in [2.75, 3.05) is 11.1 Å². The van der Waals surface area contributed by atoms with Crippen molar-refractivity contribution in [2.45, 2.75) is 33.7 Å². The van der Waals surface area contributed by atoms with E-state index < -0.39 is 0 Å². The van der Waals surface area contributed by atoms with Gasteiger partial charge >= 0.3 is 0 Å². The second-order valence-electron chi connectivity index (χ2n) is 4.67. The van der Waals surface area contributed by atoms with Crippen molar-refractivity contribution in [1.29, 1.82) is 0 Å². The fourth-order valence-electron chi connectivity index (χ4n) is 1.70. The normalized spacial score (nSPS) is 24.4. The molecule has 2 unspecified atom stereocenters. The first-order chi connectivity index (χ1) is 8.06. The third kappa shape index (κ3) is 3.00. The number of hydrogen-bond donors (Lipinski definition) is 1. The van der Waals surface area contributed by atoms with Crippen molar-refractivity contribution in [3.63, 3.8) is 0 Å². The molecule has 2 rings (SSSR count). The molecule has 0 aliphatic carbocycles. The molecule has 0 radical (unpaired) electrons. The molecule has 0 bridgehead atoms. The average molecular weight is 249 g/mol. The molecule has 0 aromatic carbocycles. The Balaban J connectivity index is 2.13.